The molecule has 0 saturated carbocycles. The van der Waals surface area contributed by atoms with Crippen LogP contribution in [0, 0.1) is 0 Å². The van der Waals surface area contributed by atoms with Gasteiger partial charge in [0.1, 0.15) is 0 Å². The van der Waals surface area contributed by atoms with Crippen LogP contribution in [-0.4, -0.2) is 39.4 Å². The maximum Gasteiger partial charge on any atom is 2.00 e. The van der Waals surface area contributed by atoms with Gasteiger partial charge in [-0.3, -0.25) is 9.11 Å². The topological polar surface area (TPSA) is 195 Å². The van der Waals surface area contributed by atoms with Crippen molar-refractivity contribution in [2.45, 2.75) is 0 Å². The molecular weight excluding hydrogens is 278 g/mol. The van der Waals surface area contributed by atoms with E-state index >= 15 is 0 Å². The van der Waals surface area contributed by atoms with Crippen LogP contribution in [0.2, 0.25) is 0 Å². The van der Waals surface area contributed by atoms with Gasteiger partial charge in [-0.1, -0.05) is 0 Å². The molecule has 0 spiro atoms. The Morgan fingerprint density at radius 2 is 0.818 bits per heavy atom. The molecule has 0 atom stereocenters. The van der Waals surface area contributed by atoms with Crippen molar-refractivity contribution in [3.63, 3.8) is 0 Å². The summed E-state index contributed by atoms with van der Waals surface area (Å²) in [6.07, 6.45) is 0. The summed E-state index contributed by atoms with van der Waals surface area (Å²) in [7, 11) is -4.67. The van der Waals surface area contributed by atoms with Gasteiger partial charge >= 0.3 is 43.7 Å². The summed E-state index contributed by atoms with van der Waals surface area (Å²) in [5.74, 6) is 0. The normalized spacial score (nSPS) is 5.27. The summed E-state index contributed by atoms with van der Waals surface area (Å²) in [5, 5.41) is 0. The molecule has 0 fully saturated rings. The number of hydrogen-bond donors (Lipinski definition) is 2. The fourth-order valence-electron chi connectivity index (χ4n) is 0. The van der Waals surface area contributed by atoms with Crippen molar-refractivity contribution in [3.8, 4) is 0 Å². The first-order valence-corrected chi connectivity index (χ1v) is 2.10. The molecule has 0 aliphatic heterocycles. The van der Waals surface area contributed by atoms with Gasteiger partial charge in [0.25, 0.3) is 0 Å². The second-order valence-corrected chi connectivity index (χ2v) is 1.34. The molecule has 8 nitrogen and oxygen atoms in total. The van der Waals surface area contributed by atoms with Gasteiger partial charge in [0.15, 0.2) is 0 Å². The predicted octanol–water partition coefficient (Wildman–Crippen LogP) is -1.36. The molecule has 0 bridgehead atoms. The molecule has 0 aliphatic carbocycles. The Morgan fingerprint density at radius 3 is 0.818 bits per heavy atom. The van der Waals surface area contributed by atoms with Gasteiger partial charge < -0.3 is 21.9 Å². The SMILES string of the molecule is O=S(=O)(O)O.[Co+2].[Ni+2].[OH-].[OH-].[OH-].[OH-]. The third kappa shape index (κ3) is 1610. The summed E-state index contributed by atoms with van der Waals surface area (Å²) in [4.78, 5) is 0. The standard InChI is InChI=1S/Co.Ni.H2O4S.4H2O/c;;1-5(2,3)4;;;;/h;;(H2,1,2,3,4);4*1H2/q2*+2;;;;;/p-4. The Bertz CT molecular complexity index is 97.3. The molecule has 1 radical (unpaired) electrons. The van der Waals surface area contributed by atoms with E-state index in [9.17, 15) is 0 Å². The first-order chi connectivity index (χ1) is 2.00. The van der Waals surface area contributed by atoms with E-state index in [-0.39, 0.29) is 55.2 Å². The Balaban J connectivity index is -0.00000000533. The summed E-state index contributed by atoms with van der Waals surface area (Å²) in [6, 6.07) is 0. The van der Waals surface area contributed by atoms with Crippen LogP contribution in [0.4, 0.5) is 0 Å². The zero-order chi connectivity index (χ0) is 4.50. The molecular formula is H6CoNiO8S. The smallest absolute Gasteiger partial charge is 0.870 e. The van der Waals surface area contributed by atoms with E-state index in [1.54, 1.807) is 0 Å². The van der Waals surface area contributed by atoms with Crippen LogP contribution >= 0.6 is 0 Å². The summed E-state index contributed by atoms with van der Waals surface area (Å²) >= 11 is 0. The Hall–Kier alpha value is 0.710. The van der Waals surface area contributed by atoms with E-state index in [1.807, 2.05) is 0 Å². The molecule has 0 saturated heterocycles. The predicted molar refractivity (Wildman–Crippen MR) is 21.9 cm³/mol. The third-order valence-electron chi connectivity index (χ3n) is 0. The zero-order valence-corrected chi connectivity index (χ0v) is 7.40. The van der Waals surface area contributed by atoms with Gasteiger partial charge in [-0.25, -0.2) is 0 Å². The van der Waals surface area contributed by atoms with Gasteiger partial charge in [0, 0.05) is 0 Å². The van der Waals surface area contributed by atoms with Crippen molar-refractivity contribution >= 4 is 10.4 Å². The molecule has 0 aromatic heterocycles. The molecule has 6 N–H and O–H groups in total. The van der Waals surface area contributed by atoms with Gasteiger partial charge in [0.2, 0.25) is 0 Å². The molecule has 0 aromatic carbocycles. The van der Waals surface area contributed by atoms with E-state index in [2.05, 4.69) is 0 Å². The second kappa shape index (κ2) is 22.4. The molecule has 0 aromatic rings. The van der Waals surface area contributed by atoms with E-state index < -0.39 is 10.4 Å². The maximum absolute atomic E-state index is 8.74. The van der Waals surface area contributed by atoms with Crippen LogP contribution in [0.15, 0.2) is 0 Å². The van der Waals surface area contributed by atoms with Crippen molar-refractivity contribution in [3.05, 3.63) is 0 Å². The largest absolute Gasteiger partial charge is 2.00 e. The second-order valence-electron chi connectivity index (χ2n) is 0.448. The first-order valence-electron chi connectivity index (χ1n) is 0.698. The Labute approximate surface area is 83.3 Å². The number of hydrogen-bond acceptors (Lipinski definition) is 6. The fourth-order valence-corrected chi connectivity index (χ4v) is 0. The molecule has 0 amide bonds. The van der Waals surface area contributed by atoms with Crippen LogP contribution in [0.1, 0.15) is 0 Å². The van der Waals surface area contributed by atoms with E-state index in [4.69, 9.17) is 17.5 Å². The van der Waals surface area contributed by atoms with Crippen LogP contribution < -0.4 is 0 Å². The van der Waals surface area contributed by atoms with Crippen molar-refractivity contribution in [2.24, 2.45) is 0 Å². The molecule has 0 heterocycles. The zero-order valence-electron chi connectivity index (χ0n) is 4.56. The molecule has 11 heavy (non-hydrogen) atoms. The number of rotatable bonds is 0. The average Bonchev–Trinajstić information content (AvgIpc) is 0.722. The van der Waals surface area contributed by atoms with E-state index in [1.165, 1.54) is 0 Å². The molecule has 11 heteroatoms. The molecule has 0 rings (SSSR count). The van der Waals surface area contributed by atoms with Crippen molar-refractivity contribution in [1.82, 2.24) is 0 Å². The monoisotopic (exact) mass is 283 g/mol. The quantitative estimate of drug-likeness (QED) is 0.401. The minimum Gasteiger partial charge on any atom is -0.870 e. The summed E-state index contributed by atoms with van der Waals surface area (Å²) < 4.78 is 31.6. The summed E-state index contributed by atoms with van der Waals surface area (Å²) in [6.45, 7) is 0. The van der Waals surface area contributed by atoms with Crippen molar-refractivity contribution in [1.29, 1.82) is 0 Å². The minimum absolute atomic E-state index is 0. The van der Waals surface area contributed by atoms with Crippen LogP contribution in [-0.2, 0) is 43.7 Å². The molecule has 0 unspecified atom stereocenters. The van der Waals surface area contributed by atoms with Crippen LogP contribution in [0.3, 0.4) is 0 Å². The van der Waals surface area contributed by atoms with Gasteiger partial charge in [0.05, 0.1) is 0 Å². The first kappa shape index (κ1) is 60.5. The summed E-state index contributed by atoms with van der Waals surface area (Å²) in [5.41, 5.74) is 0. The van der Waals surface area contributed by atoms with Gasteiger partial charge in [-0.15, -0.1) is 0 Å². The Kier molecular flexibility index (Phi) is 123. The fraction of sp³-hybridized carbons (Fsp3) is 0. The van der Waals surface area contributed by atoms with Gasteiger partial charge in [-0.05, 0) is 0 Å². The molecule has 79 valence electrons. The third-order valence-corrected chi connectivity index (χ3v) is 0. The average molecular weight is 284 g/mol. The minimum atomic E-state index is -4.67. The van der Waals surface area contributed by atoms with Crippen molar-refractivity contribution in [2.75, 3.05) is 0 Å². The van der Waals surface area contributed by atoms with Crippen LogP contribution in [0.5, 0.6) is 0 Å². The molecule has 0 aliphatic rings. The van der Waals surface area contributed by atoms with Gasteiger partial charge in [-0.2, -0.15) is 8.42 Å². The Morgan fingerprint density at radius 1 is 0.818 bits per heavy atom. The van der Waals surface area contributed by atoms with Crippen molar-refractivity contribution < 1.29 is 72.7 Å². The van der Waals surface area contributed by atoms with E-state index in [0.29, 0.717) is 0 Å². The van der Waals surface area contributed by atoms with Crippen LogP contribution in [0.25, 0.3) is 0 Å². The van der Waals surface area contributed by atoms with E-state index in [0.717, 1.165) is 0 Å². The maximum atomic E-state index is 8.74.